The Hall–Kier alpha value is -3.75. The molecule has 0 atom stereocenters. The maximum absolute atomic E-state index is 12.8. The quantitative estimate of drug-likeness (QED) is 0.678. The summed E-state index contributed by atoms with van der Waals surface area (Å²) in [5.41, 5.74) is 1.04. The van der Waals surface area contributed by atoms with Gasteiger partial charge in [-0.3, -0.25) is 19.1 Å². The first-order valence-electron chi connectivity index (χ1n) is 9.32. The Labute approximate surface area is 167 Å². The fourth-order valence-electron chi connectivity index (χ4n) is 3.16. The topological polar surface area (TPSA) is 102 Å². The van der Waals surface area contributed by atoms with Crippen LogP contribution in [0.25, 0.3) is 0 Å². The van der Waals surface area contributed by atoms with E-state index in [0.717, 1.165) is 17.0 Å². The zero-order valence-corrected chi connectivity index (χ0v) is 15.9. The molecule has 1 aromatic carbocycles. The van der Waals surface area contributed by atoms with Crippen molar-refractivity contribution in [2.75, 3.05) is 18.1 Å². The molecule has 0 fully saturated rings. The summed E-state index contributed by atoms with van der Waals surface area (Å²) in [5, 5.41) is 10.7. The van der Waals surface area contributed by atoms with Crippen LogP contribution in [-0.2, 0) is 13.1 Å². The molecule has 0 unspecified atom stereocenters. The van der Waals surface area contributed by atoms with E-state index in [0.29, 0.717) is 25.6 Å². The van der Waals surface area contributed by atoms with Crippen LogP contribution in [0.5, 0.6) is 5.75 Å². The molecule has 3 aromatic rings. The van der Waals surface area contributed by atoms with E-state index in [9.17, 15) is 9.59 Å². The number of amides is 1. The third kappa shape index (κ3) is 3.79. The van der Waals surface area contributed by atoms with E-state index < -0.39 is 11.5 Å². The van der Waals surface area contributed by atoms with Crippen molar-refractivity contribution >= 4 is 17.5 Å². The number of carbonyl (C=O) groups is 1. The van der Waals surface area contributed by atoms with Gasteiger partial charge in [0, 0.05) is 37.7 Å². The average Bonchev–Trinajstić information content (AvgIpc) is 3.19. The van der Waals surface area contributed by atoms with Crippen molar-refractivity contribution in [1.82, 2.24) is 25.1 Å². The Morgan fingerprint density at radius 1 is 1.17 bits per heavy atom. The molecular weight excluding hydrogens is 372 g/mol. The van der Waals surface area contributed by atoms with Crippen molar-refractivity contribution in [2.24, 2.45) is 0 Å². The Morgan fingerprint density at radius 2 is 2.00 bits per heavy atom. The first kappa shape index (κ1) is 18.6. The van der Waals surface area contributed by atoms with Gasteiger partial charge in [-0.1, -0.05) is 6.07 Å². The fourth-order valence-corrected chi connectivity index (χ4v) is 3.16. The maximum atomic E-state index is 12.8. The van der Waals surface area contributed by atoms with Crippen molar-refractivity contribution in [1.29, 1.82) is 0 Å². The van der Waals surface area contributed by atoms with Gasteiger partial charge in [0.2, 0.25) is 11.6 Å². The van der Waals surface area contributed by atoms with Crippen molar-refractivity contribution in [3.8, 4) is 5.75 Å². The maximum Gasteiger partial charge on any atom is 0.286 e. The van der Waals surface area contributed by atoms with Gasteiger partial charge in [0.25, 0.3) is 11.5 Å². The third-order valence-corrected chi connectivity index (χ3v) is 4.57. The van der Waals surface area contributed by atoms with Crippen LogP contribution in [0.2, 0.25) is 0 Å². The monoisotopic (exact) mass is 392 g/mol. The number of rotatable bonds is 6. The Kier molecular flexibility index (Phi) is 5.19. The SMILES string of the molecule is CCOc1ccc(N2CCn3c2nnc(C(=O)NCc2cccnc2)c3=O)cc1. The fraction of sp³-hybridized carbons (Fsp3) is 0.250. The van der Waals surface area contributed by atoms with E-state index in [2.05, 4.69) is 20.5 Å². The lowest BCUT2D eigenvalue weighted by Crippen LogP contribution is -2.34. The van der Waals surface area contributed by atoms with Crippen LogP contribution < -0.4 is 20.5 Å². The summed E-state index contributed by atoms with van der Waals surface area (Å²) < 4.78 is 6.93. The molecule has 9 heteroatoms. The highest BCUT2D eigenvalue weighted by molar-refractivity contribution is 5.91. The molecule has 0 saturated carbocycles. The van der Waals surface area contributed by atoms with Crippen molar-refractivity contribution in [2.45, 2.75) is 20.0 Å². The number of benzene rings is 1. The number of ether oxygens (including phenoxy) is 1. The number of anilines is 2. The number of hydrogen-bond acceptors (Lipinski definition) is 7. The van der Waals surface area contributed by atoms with Gasteiger partial charge in [-0.25, -0.2) is 0 Å². The summed E-state index contributed by atoms with van der Waals surface area (Å²) in [7, 11) is 0. The molecule has 0 bridgehead atoms. The van der Waals surface area contributed by atoms with Gasteiger partial charge in [-0.05, 0) is 42.8 Å². The molecule has 29 heavy (non-hydrogen) atoms. The molecule has 3 heterocycles. The number of aromatic nitrogens is 4. The van der Waals surface area contributed by atoms with Gasteiger partial charge >= 0.3 is 0 Å². The zero-order valence-electron chi connectivity index (χ0n) is 15.9. The second kappa shape index (κ2) is 8.09. The Balaban J connectivity index is 1.53. The third-order valence-electron chi connectivity index (χ3n) is 4.57. The van der Waals surface area contributed by atoms with E-state index in [-0.39, 0.29) is 12.2 Å². The molecule has 0 radical (unpaired) electrons. The van der Waals surface area contributed by atoms with Crippen LogP contribution in [0.4, 0.5) is 11.6 Å². The van der Waals surface area contributed by atoms with Gasteiger partial charge in [-0.15, -0.1) is 10.2 Å². The van der Waals surface area contributed by atoms with E-state index >= 15 is 0 Å². The minimum Gasteiger partial charge on any atom is -0.494 e. The first-order chi connectivity index (χ1) is 14.2. The van der Waals surface area contributed by atoms with E-state index in [4.69, 9.17) is 4.74 Å². The lowest BCUT2D eigenvalue weighted by molar-refractivity contribution is 0.0942. The molecule has 0 aliphatic carbocycles. The lowest BCUT2D eigenvalue weighted by atomic mass is 10.3. The highest BCUT2D eigenvalue weighted by Gasteiger charge is 2.27. The minimum atomic E-state index is -0.554. The van der Waals surface area contributed by atoms with Gasteiger partial charge in [0.05, 0.1) is 6.61 Å². The largest absolute Gasteiger partial charge is 0.494 e. The van der Waals surface area contributed by atoms with E-state index in [1.807, 2.05) is 42.2 Å². The standard InChI is InChI=1S/C20H20N6O3/c1-2-29-16-7-5-15(6-8-16)25-10-11-26-19(28)17(23-24-20(25)26)18(27)22-13-14-4-3-9-21-12-14/h3-9,12H,2,10-11,13H2,1H3,(H,22,27). The molecule has 1 amide bonds. The van der Waals surface area contributed by atoms with Crippen LogP contribution in [0.3, 0.4) is 0 Å². The summed E-state index contributed by atoms with van der Waals surface area (Å²) in [5.74, 6) is 0.642. The smallest absolute Gasteiger partial charge is 0.286 e. The van der Waals surface area contributed by atoms with Crippen LogP contribution >= 0.6 is 0 Å². The van der Waals surface area contributed by atoms with Gasteiger partial charge in [-0.2, -0.15) is 0 Å². The van der Waals surface area contributed by atoms with E-state index in [1.54, 1.807) is 18.5 Å². The summed E-state index contributed by atoms with van der Waals surface area (Å²) in [6.45, 7) is 3.78. The lowest BCUT2D eigenvalue weighted by Gasteiger charge is -2.17. The van der Waals surface area contributed by atoms with E-state index in [1.165, 1.54) is 4.57 Å². The van der Waals surface area contributed by atoms with Crippen molar-refractivity contribution in [3.05, 3.63) is 70.4 Å². The second-order valence-electron chi connectivity index (χ2n) is 6.43. The molecular formula is C20H20N6O3. The van der Waals surface area contributed by atoms with Gasteiger partial charge in [0.1, 0.15) is 5.75 Å². The van der Waals surface area contributed by atoms with Crippen LogP contribution in [0, 0.1) is 0 Å². The molecule has 2 aromatic heterocycles. The highest BCUT2D eigenvalue weighted by Crippen LogP contribution is 2.28. The molecule has 4 rings (SSSR count). The second-order valence-corrected chi connectivity index (χ2v) is 6.43. The Bertz CT molecular complexity index is 1070. The molecule has 0 spiro atoms. The molecule has 148 valence electrons. The number of hydrogen-bond donors (Lipinski definition) is 1. The number of pyridine rings is 1. The van der Waals surface area contributed by atoms with Crippen LogP contribution in [0.15, 0.2) is 53.6 Å². The normalized spacial score (nSPS) is 12.5. The van der Waals surface area contributed by atoms with Gasteiger partial charge < -0.3 is 15.0 Å². The summed E-state index contributed by atoms with van der Waals surface area (Å²) in [6.07, 6.45) is 3.30. The molecule has 0 saturated heterocycles. The number of fused-ring (bicyclic) bond motifs is 1. The number of nitrogens with zero attached hydrogens (tertiary/aromatic N) is 5. The average molecular weight is 392 g/mol. The summed E-state index contributed by atoms with van der Waals surface area (Å²) in [4.78, 5) is 31.1. The number of carbonyl (C=O) groups excluding carboxylic acids is 1. The first-order valence-corrected chi connectivity index (χ1v) is 9.32. The predicted molar refractivity (Wildman–Crippen MR) is 106 cm³/mol. The summed E-state index contributed by atoms with van der Waals surface area (Å²) in [6, 6.07) is 11.2. The van der Waals surface area contributed by atoms with Crippen LogP contribution in [-0.4, -0.2) is 38.8 Å². The molecule has 1 aliphatic rings. The number of nitrogens with one attached hydrogen (secondary N) is 1. The van der Waals surface area contributed by atoms with Crippen molar-refractivity contribution < 1.29 is 9.53 Å². The van der Waals surface area contributed by atoms with Gasteiger partial charge in [0.15, 0.2) is 0 Å². The van der Waals surface area contributed by atoms with Crippen LogP contribution in [0.1, 0.15) is 23.0 Å². The predicted octanol–water partition coefficient (Wildman–Crippen LogP) is 1.51. The minimum absolute atomic E-state index is 0.216. The Morgan fingerprint density at radius 3 is 2.72 bits per heavy atom. The molecule has 1 aliphatic heterocycles. The molecule has 9 nitrogen and oxygen atoms in total. The highest BCUT2D eigenvalue weighted by atomic mass is 16.5. The molecule has 1 N–H and O–H groups in total. The van der Waals surface area contributed by atoms with Crippen molar-refractivity contribution in [3.63, 3.8) is 0 Å². The summed E-state index contributed by atoms with van der Waals surface area (Å²) >= 11 is 0. The zero-order chi connectivity index (χ0) is 20.2.